The number of benzene rings is 2. The summed E-state index contributed by atoms with van der Waals surface area (Å²) in [5.74, 6) is 0.193. The average Bonchev–Trinajstić information content (AvgIpc) is 2.61. The summed E-state index contributed by atoms with van der Waals surface area (Å²) in [5, 5.41) is 0. The van der Waals surface area contributed by atoms with E-state index in [0.717, 1.165) is 11.1 Å². The molecule has 0 aliphatic rings. The van der Waals surface area contributed by atoms with Gasteiger partial charge in [0.15, 0.2) is 6.61 Å². The zero-order chi connectivity index (χ0) is 18.2. The number of para-hydroxylation sites is 1. The van der Waals surface area contributed by atoms with Crippen LogP contribution in [0.1, 0.15) is 28.4 Å². The minimum absolute atomic E-state index is 0.197. The van der Waals surface area contributed by atoms with Gasteiger partial charge in [-0.15, -0.1) is 0 Å². The molecule has 0 aromatic heterocycles. The Morgan fingerprint density at radius 3 is 2.48 bits per heavy atom. The number of carbonyl (C=O) groups is 2. The van der Waals surface area contributed by atoms with Crippen molar-refractivity contribution in [1.82, 2.24) is 10.9 Å². The molecule has 0 unspecified atom stereocenters. The molecule has 0 spiro atoms. The summed E-state index contributed by atoms with van der Waals surface area (Å²) in [5.41, 5.74) is 7.03. The van der Waals surface area contributed by atoms with Crippen LogP contribution in [0.5, 0.6) is 11.5 Å². The standard InChI is InChI=1S/C19H22N2O4/c1-4-24-16-8-6-5-7-15(16)19(23)21-20-18(22)12-25-17-11-13(2)9-10-14(17)3/h5-11H,4,12H2,1-3H3,(H,20,22)(H,21,23). The molecule has 0 saturated carbocycles. The second kappa shape index (κ2) is 8.73. The van der Waals surface area contributed by atoms with Gasteiger partial charge in [0.05, 0.1) is 12.2 Å². The molecule has 0 aliphatic heterocycles. The second-order valence-corrected chi connectivity index (χ2v) is 5.49. The molecule has 132 valence electrons. The van der Waals surface area contributed by atoms with E-state index in [1.54, 1.807) is 24.3 Å². The Bertz CT molecular complexity index is 759. The van der Waals surface area contributed by atoms with Gasteiger partial charge >= 0.3 is 0 Å². The van der Waals surface area contributed by atoms with Gasteiger partial charge in [0.1, 0.15) is 11.5 Å². The monoisotopic (exact) mass is 342 g/mol. The van der Waals surface area contributed by atoms with E-state index in [0.29, 0.717) is 23.7 Å². The highest BCUT2D eigenvalue weighted by atomic mass is 16.5. The Morgan fingerprint density at radius 2 is 1.72 bits per heavy atom. The van der Waals surface area contributed by atoms with Crippen LogP contribution in [0.2, 0.25) is 0 Å². The number of amides is 2. The van der Waals surface area contributed by atoms with Gasteiger partial charge in [-0.3, -0.25) is 20.4 Å². The summed E-state index contributed by atoms with van der Waals surface area (Å²) < 4.78 is 10.9. The fourth-order valence-corrected chi connectivity index (χ4v) is 2.17. The van der Waals surface area contributed by atoms with Crippen LogP contribution in [0, 0.1) is 13.8 Å². The summed E-state index contributed by atoms with van der Waals surface area (Å²) >= 11 is 0. The molecule has 2 N–H and O–H groups in total. The minimum atomic E-state index is -0.455. The Labute approximate surface area is 147 Å². The number of carbonyl (C=O) groups excluding carboxylic acids is 2. The van der Waals surface area contributed by atoms with E-state index in [9.17, 15) is 9.59 Å². The molecule has 2 aromatic carbocycles. The van der Waals surface area contributed by atoms with Crippen molar-refractivity contribution < 1.29 is 19.1 Å². The highest BCUT2D eigenvalue weighted by Crippen LogP contribution is 2.19. The van der Waals surface area contributed by atoms with Crippen LogP contribution < -0.4 is 20.3 Å². The van der Waals surface area contributed by atoms with Crippen molar-refractivity contribution in [3.05, 3.63) is 59.2 Å². The average molecular weight is 342 g/mol. The number of aryl methyl sites for hydroxylation is 2. The second-order valence-electron chi connectivity index (χ2n) is 5.49. The third-order valence-electron chi connectivity index (χ3n) is 3.45. The number of rotatable bonds is 6. The topological polar surface area (TPSA) is 76.7 Å². The first-order valence-corrected chi connectivity index (χ1v) is 8.02. The van der Waals surface area contributed by atoms with Gasteiger partial charge < -0.3 is 9.47 Å². The number of hydrogen-bond donors (Lipinski definition) is 2. The van der Waals surface area contributed by atoms with Gasteiger partial charge in [-0.1, -0.05) is 24.3 Å². The molecule has 0 heterocycles. The Hall–Kier alpha value is -3.02. The summed E-state index contributed by atoms with van der Waals surface area (Å²) in [6.45, 7) is 5.93. The first-order chi connectivity index (χ1) is 12.0. The van der Waals surface area contributed by atoms with Crippen LogP contribution in [0.3, 0.4) is 0 Å². The van der Waals surface area contributed by atoms with Crippen LogP contribution in [-0.2, 0) is 4.79 Å². The van der Waals surface area contributed by atoms with Crippen molar-refractivity contribution >= 4 is 11.8 Å². The van der Waals surface area contributed by atoms with Crippen LogP contribution in [0.25, 0.3) is 0 Å². The largest absolute Gasteiger partial charge is 0.493 e. The summed E-state index contributed by atoms with van der Waals surface area (Å²) in [6.07, 6.45) is 0. The van der Waals surface area contributed by atoms with Gasteiger partial charge in [0.2, 0.25) is 0 Å². The van der Waals surface area contributed by atoms with Crippen LogP contribution >= 0.6 is 0 Å². The highest BCUT2D eigenvalue weighted by molar-refractivity contribution is 5.97. The summed E-state index contributed by atoms with van der Waals surface area (Å²) in [7, 11) is 0. The quantitative estimate of drug-likeness (QED) is 0.791. The smallest absolute Gasteiger partial charge is 0.276 e. The van der Waals surface area contributed by atoms with Crippen LogP contribution in [0.15, 0.2) is 42.5 Å². The fraction of sp³-hybridized carbons (Fsp3) is 0.263. The molecule has 0 radical (unpaired) electrons. The van der Waals surface area contributed by atoms with Crippen molar-refractivity contribution in [3.63, 3.8) is 0 Å². The lowest BCUT2D eigenvalue weighted by Gasteiger charge is -2.12. The molecule has 0 aliphatic carbocycles. The lowest BCUT2D eigenvalue weighted by molar-refractivity contribution is -0.123. The molecule has 6 nitrogen and oxygen atoms in total. The number of hydrogen-bond acceptors (Lipinski definition) is 4. The molecule has 0 atom stereocenters. The molecule has 25 heavy (non-hydrogen) atoms. The van der Waals surface area contributed by atoms with Crippen molar-refractivity contribution in [3.8, 4) is 11.5 Å². The van der Waals surface area contributed by atoms with Gasteiger partial charge in [0.25, 0.3) is 11.8 Å². The van der Waals surface area contributed by atoms with E-state index in [-0.39, 0.29) is 6.61 Å². The Morgan fingerprint density at radius 1 is 0.960 bits per heavy atom. The predicted octanol–water partition coefficient (Wildman–Crippen LogP) is 2.54. The van der Waals surface area contributed by atoms with Gasteiger partial charge in [-0.25, -0.2) is 0 Å². The maximum Gasteiger partial charge on any atom is 0.276 e. The molecule has 2 rings (SSSR count). The fourth-order valence-electron chi connectivity index (χ4n) is 2.17. The number of ether oxygens (including phenoxy) is 2. The lowest BCUT2D eigenvalue weighted by Crippen LogP contribution is -2.44. The van der Waals surface area contributed by atoms with Crippen molar-refractivity contribution in [2.75, 3.05) is 13.2 Å². The van der Waals surface area contributed by atoms with Crippen molar-refractivity contribution in [1.29, 1.82) is 0 Å². The third-order valence-corrected chi connectivity index (χ3v) is 3.45. The lowest BCUT2D eigenvalue weighted by atomic mass is 10.1. The van der Waals surface area contributed by atoms with E-state index in [4.69, 9.17) is 9.47 Å². The van der Waals surface area contributed by atoms with E-state index < -0.39 is 11.8 Å². The Balaban J connectivity index is 1.87. The zero-order valence-electron chi connectivity index (χ0n) is 14.6. The summed E-state index contributed by atoms with van der Waals surface area (Å²) in [4.78, 5) is 24.0. The SMILES string of the molecule is CCOc1ccccc1C(=O)NNC(=O)COc1cc(C)ccc1C. The molecular weight excluding hydrogens is 320 g/mol. The highest BCUT2D eigenvalue weighted by Gasteiger charge is 2.13. The molecule has 0 fully saturated rings. The predicted molar refractivity (Wildman–Crippen MR) is 94.6 cm³/mol. The first-order valence-electron chi connectivity index (χ1n) is 8.02. The molecule has 0 bridgehead atoms. The maximum atomic E-state index is 12.2. The van der Waals surface area contributed by atoms with Crippen molar-refractivity contribution in [2.45, 2.75) is 20.8 Å². The first kappa shape index (κ1) is 18.3. The number of hydrazine groups is 1. The minimum Gasteiger partial charge on any atom is -0.493 e. The van der Waals surface area contributed by atoms with Gasteiger partial charge in [-0.05, 0) is 50.1 Å². The van der Waals surface area contributed by atoms with Crippen LogP contribution in [-0.4, -0.2) is 25.0 Å². The van der Waals surface area contributed by atoms with Gasteiger partial charge in [0, 0.05) is 0 Å². The molecule has 2 aromatic rings. The molecular formula is C19H22N2O4. The van der Waals surface area contributed by atoms with Crippen LogP contribution in [0.4, 0.5) is 0 Å². The molecule has 6 heteroatoms. The number of nitrogens with one attached hydrogen (secondary N) is 2. The third kappa shape index (κ3) is 5.24. The van der Waals surface area contributed by atoms with E-state index >= 15 is 0 Å². The maximum absolute atomic E-state index is 12.2. The van der Waals surface area contributed by atoms with Gasteiger partial charge in [-0.2, -0.15) is 0 Å². The Kier molecular flexibility index (Phi) is 6.39. The summed E-state index contributed by atoms with van der Waals surface area (Å²) in [6, 6.07) is 12.6. The van der Waals surface area contributed by atoms with E-state index in [1.807, 2.05) is 39.0 Å². The van der Waals surface area contributed by atoms with Crippen molar-refractivity contribution in [2.24, 2.45) is 0 Å². The normalized spacial score (nSPS) is 10.0. The zero-order valence-corrected chi connectivity index (χ0v) is 14.6. The van der Waals surface area contributed by atoms with E-state index in [2.05, 4.69) is 10.9 Å². The van der Waals surface area contributed by atoms with E-state index in [1.165, 1.54) is 0 Å². The molecule has 2 amide bonds. The molecule has 0 saturated heterocycles.